The van der Waals surface area contributed by atoms with Gasteiger partial charge in [-0.3, -0.25) is 18.6 Å². The van der Waals surface area contributed by atoms with Crippen molar-refractivity contribution in [3.63, 3.8) is 0 Å². The number of aliphatic hydroxyl groups is 3. The first-order valence-corrected chi connectivity index (χ1v) is 25.1. The van der Waals surface area contributed by atoms with Crippen molar-refractivity contribution in [2.24, 2.45) is 11.7 Å². The van der Waals surface area contributed by atoms with Crippen LogP contribution in [0.15, 0.2) is 28.7 Å². The van der Waals surface area contributed by atoms with Crippen LogP contribution in [0.1, 0.15) is 171 Å². The maximum absolute atomic E-state index is 12.8. The van der Waals surface area contributed by atoms with Crippen molar-refractivity contribution in [2.75, 3.05) is 26.4 Å². The highest BCUT2D eigenvalue weighted by atomic mass is 31.2. The Labute approximate surface area is 371 Å². The molecule has 358 valence electrons. The van der Waals surface area contributed by atoms with Gasteiger partial charge in [0.25, 0.3) is 0 Å². The van der Waals surface area contributed by atoms with E-state index in [-0.39, 0.29) is 44.9 Å². The summed E-state index contributed by atoms with van der Waals surface area (Å²) < 4.78 is 44.8. The van der Waals surface area contributed by atoms with Crippen LogP contribution in [0.4, 0.5) is 0 Å². The van der Waals surface area contributed by atoms with Crippen LogP contribution in [0.3, 0.4) is 0 Å². The number of hydrogen-bond donors (Lipinski definition) is 5. The summed E-state index contributed by atoms with van der Waals surface area (Å²) in [6.07, 6.45) is 22.2. The van der Waals surface area contributed by atoms with Crippen LogP contribution in [0.25, 0.3) is 0 Å². The SMILES string of the molecule is CCCCCc1oc(CCCCCCCCCCC(=O)OC[C@H](COP(=O)(O)OCCN)OC(=O)CCC/C=C\C[C@H]2[C@@H](O)CC(O)O[C@@H]2/C=C/[C@@H](O)CCCCC)c(C)c1C. The summed E-state index contributed by atoms with van der Waals surface area (Å²) in [4.78, 5) is 35.3. The lowest BCUT2D eigenvalue weighted by Crippen LogP contribution is -2.43. The first-order valence-electron chi connectivity index (χ1n) is 23.6. The molecule has 0 saturated carbocycles. The van der Waals surface area contributed by atoms with Crippen molar-refractivity contribution < 1.29 is 62.0 Å². The fourth-order valence-corrected chi connectivity index (χ4v) is 8.21. The molecular formula is C47H82NO13P. The molecule has 0 spiro atoms. The summed E-state index contributed by atoms with van der Waals surface area (Å²) in [6, 6.07) is 0. The minimum absolute atomic E-state index is 0.00346. The van der Waals surface area contributed by atoms with E-state index in [1.165, 1.54) is 36.8 Å². The molecule has 1 saturated heterocycles. The molecule has 0 aliphatic carbocycles. The highest BCUT2D eigenvalue weighted by Gasteiger charge is 2.35. The van der Waals surface area contributed by atoms with Crippen LogP contribution in [0.5, 0.6) is 0 Å². The van der Waals surface area contributed by atoms with Gasteiger partial charge in [0, 0.05) is 44.6 Å². The number of carbonyl (C=O) groups is 2. The number of rotatable bonds is 36. The Morgan fingerprint density at radius 2 is 1.44 bits per heavy atom. The number of aliphatic hydroxyl groups excluding tert-OH is 3. The molecule has 0 aromatic carbocycles. The molecule has 1 aliphatic rings. The molecule has 14 nitrogen and oxygen atoms in total. The van der Waals surface area contributed by atoms with Gasteiger partial charge in [0.05, 0.1) is 31.5 Å². The van der Waals surface area contributed by atoms with Crippen LogP contribution in [0, 0.1) is 19.8 Å². The normalized spacial score (nSPS) is 20.1. The van der Waals surface area contributed by atoms with E-state index in [4.69, 9.17) is 33.4 Å². The van der Waals surface area contributed by atoms with Gasteiger partial charge in [-0.2, -0.15) is 0 Å². The van der Waals surface area contributed by atoms with Gasteiger partial charge >= 0.3 is 19.8 Å². The lowest BCUT2D eigenvalue weighted by atomic mass is 9.87. The van der Waals surface area contributed by atoms with Crippen LogP contribution in [-0.2, 0) is 50.3 Å². The molecule has 0 bridgehead atoms. The number of carbonyl (C=O) groups excluding carboxylic acids is 2. The number of aryl methyl sites for hydroxylation is 2. The minimum Gasteiger partial charge on any atom is -0.466 e. The number of allylic oxidation sites excluding steroid dienone is 2. The largest absolute Gasteiger partial charge is 0.472 e. The third-order valence-electron chi connectivity index (χ3n) is 11.3. The van der Waals surface area contributed by atoms with E-state index in [0.717, 1.165) is 82.1 Å². The Morgan fingerprint density at radius 1 is 0.823 bits per heavy atom. The first-order chi connectivity index (χ1) is 29.8. The molecule has 15 heteroatoms. The van der Waals surface area contributed by atoms with Crippen LogP contribution >= 0.6 is 7.82 Å². The van der Waals surface area contributed by atoms with E-state index >= 15 is 0 Å². The first kappa shape index (κ1) is 55.7. The monoisotopic (exact) mass is 900 g/mol. The van der Waals surface area contributed by atoms with Crippen molar-refractivity contribution in [2.45, 2.75) is 206 Å². The smallest absolute Gasteiger partial charge is 0.466 e. The number of hydrogen-bond acceptors (Lipinski definition) is 13. The molecule has 6 N–H and O–H groups in total. The molecule has 0 radical (unpaired) electrons. The van der Waals surface area contributed by atoms with Gasteiger partial charge in [-0.25, -0.2) is 4.57 Å². The summed E-state index contributed by atoms with van der Waals surface area (Å²) in [6.45, 7) is 7.59. The highest BCUT2D eigenvalue weighted by molar-refractivity contribution is 7.47. The lowest BCUT2D eigenvalue weighted by Gasteiger charge is -2.36. The second-order valence-electron chi connectivity index (χ2n) is 16.7. The van der Waals surface area contributed by atoms with Crippen molar-refractivity contribution in [1.29, 1.82) is 0 Å². The number of furan rings is 1. The van der Waals surface area contributed by atoms with E-state index in [9.17, 15) is 34.4 Å². The van der Waals surface area contributed by atoms with Gasteiger partial charge in [-0.05, 0) is 69.9 Å². The fraction of sp³-hybridized carbons (Fsp3) is 0.787. The van der Waals surface area contributed by atoms with E-state index in [1.807, 2.05) is 12.2 Å². The Morgan fingerprint density at radius 3 is 2.10 bits per heavy atom. The number of unbranched alkanes of at least 4 members (excludes halogenated alkanes) is 12. The highest BCUT2D eigenvalue weighted by Crippen LogP contribution is 2.43. The Kier molecular flexibility index (Phi) is 29.8. The summed E-state index contributed by atoms with van der Waals surface area (Å²) in [5, 5.41) is 31.0. The molecule has 1 aromatic heterocycles. The van der Waals surface area contributed by atoms with Gasteiger partial charge < -0.3 is 44.6 Å². The second-order valence-corrected chi connectivity index (χ2v) is 18.2. The van der Waals surface area contributed by atoms with Crippen molar-refractivity contribution in [3.05, 3.63) is 47.0 Å². The summed E-state index contributed by atoms with van der Waals surface area (Å²) in [7, 11) is -4.47. The average Bonchev–Trinajstić information content (AvgIpc) is 3.50. The van der Waals surface area contributed by atoms with E-state index < -0.39 is 57.1 Å². The number of phosphoric ester groups is 1. The molecule has 1 fully saturated rings. The van der Waals surface area contributed by atoms with Crippen LogP contribution in [0.2, 0.25) is 0 Å². The van der Waals surface area contributed by atoms with Crippen molar-refractivity contribution in [3.8, 4) is 0 Å². The Balaban J connectivity index is 1.71. The third-order valence-corrected chi connectivity index (χ3v) is 12.3. The van der Waals surface area contributed by atoms with Gasteiger partial charge in [0.15, 0.2) is 12.4 Å². The number of phosphoric acid groups is 1. The molecule has 1 aliphatic heterocycles. The number of esters is 2. The topological polar surface area (TPSA) is 217 Å². The van der Waals surface area contributed by atoms with Gasteiger partial charge in [0.1, 0.15) is 18.1 Å². The third kappa shape index (κ3) is 24.6. The molecule has 2 heterocycles. The zero-order valence-electron chi connectivity index (χ0n) is 38.4. The standard InChI is InChI=1S/C47H82NO13P/c1-5-7-17-23-38(49)29-30-44-40(41(50)33-47(53)61-44)24-19-15-16-22-28-46(52)59-39(35-58-62(54,55)57-32-31-48)34-56-45(51)27-21-14-12-10-9-11-13-20-26-43-37(4)36(3)42(60-43)25-18-8-6-2/h15,19,29-30,38-41,44,47,49-50,53H,5-14,16-18,20-28,31-35,48H2,1-4H3,(H,54,55)/b19-15-,30-29+/t38-,39+,40-,41-,44+,47?/m0/s1. The zero-order chi connectivity index (χ0) is 45.6. The molecular weight excluding hydrogens is 817 g/mol. The van der Waals surface area contributed by atoms with Crippen molar-refractivity contribution in [1.82, 2.24) is 0 Å². The van der Waals surface area contributed by atoms with E-state index in [1.54, 1.807) is 12.2 Å². The van der Waals surface area contributed by atoms with E-state index in [0.29, 0.717) is 32.1 Å². The number of nitrogens with two attached hydrogens (primary N) is 1. The molecule has 2 rings (SSSR count). The Hall–Kier alpha value is -2.39. The number of ether oxygens (including phenoxy) is 3. The van der Waals surface area contributed by atoms with E-state index in [2.05, 4.69) is 27.7 Å². The Bertz CT molecular complexity index is 1470. The maximum atomic E-state index is 12.8. The predicted octanol–water partition coefficient (Wildman–Crippen LogP) is 8.93. The predicted molar refractivity (Wildman–Crippen MR) is 240 cm³/mol. The molecule has 62 heavy (non-hydrogen) atoms. The lowest BCUT2D eigenvalue weighted by molar-refractivity contribution is -0.199. The molecule has 2 unspecified atom stereocenters. The summed E-state index contributed by atoms with van der Waals surface area (Å²) >= 11 is 0. The minimum atomic E-state index is -4.47. The average molecular weight is 900 g/mol. The summed E-state index contributed by atoms with van der Waals surface area (Å²) in [5.41, 5.74) is 7.98. The zero-order valence-corrected chi connectivity index (χ0v) is 39.2. The van der Waals surface area contributed by atoms with Gasteiger partial charge in [-0.1, -0.05) is 109 Å². The van der Waals surface area contributed by atoms with Gasteiger partial charge in [-0.15, -0.1) is 0 Å². The molecule has 7 atom stereocenters. The quantitative estimate of drug-likeness (QED) is 0.0184. The summed E-state index contributed by atoms with van der Waals surface area (Å²) in [5.74, 6) is 0.934. The fourth-order valence-electron chi connectivity index (χ4n) is 7.44. The van der Waals surface area contributed by atoms with Gasteiger partial charge in [0.2, 0.25) is 0 Å². The van der Waals surface area contributed by atoms with Crippen LogP contribution < -0.4 is 5.73 Å². The molecule has 1 aromatic rings. The maximum Gasteiger partial charge on any atom is 0.472 e. The van der Waals surface area contributed by atoms with Crippen LogP contribution in [-0.4, -0.2) is 89.2 Å². The second kappa shape index (κ2) is 33.1. The van der Waals surface area contributed by atoms with Crippen molar-refractivity contribution >= 4 is 19.8 Å². The molecule has 0 amide bonds.